The fourth-order valence-electron chi connectivity index (χ4n) is 2.05. The van der Waals surface area contributed by atoms with Gasteiger partial charge in [-0.05, 0) is 36.0 Å². The average molecular weight is 188 g/mol. The summed E-state index contributed by atoms with van der Waals surface area (Å²) in [5.41, 5.74) is 3.80. The fourth-order valence-corrected chi connectivity index (χ4v) is 2.05. The molecule has 2 nitrogen and oxygen atoms in total. The number of aliphatic hydroxyl groups is 1. The molecular formula is C12H12O2. The molecular weight excluding hydrogens is 176 g/mol. The zero-order valence-corrected chi connectivity index (χ0v) is 7.86. The number of carbonyl (C=O) groups excluding carboxylic acids is 1. The molecule has 0 unspecified atom stereocenters. The van der Waals surface area contributed by atoms with Crippen molar-refractivity contribution in [2.24, 2.45) is 0 Å². The highest BCUT2D eigenvalue weighted by atomic mass is 16.2. The highest BCUT2D eigenvalue weighted by molar-refractivity contribution is 6.07. The van der Waals surface area contributed by atoms with Gasteiger partial charge in [0.2, 0.25) is 0 Å². The Morgan fingerprint density at radius 2 is 2.21 bits per heavy atom. The molecule has 2 rings (SSSR count). The Morgan fingerprint density at radius 1 is 1.36 bits per heavy atom. The van der Waals surface area contributed by atoms with Gasteiger partial charge in [-0.1, -0.05) is 18.2 Å². The molecule has 0 spiro atoms. The van der Waals surface area contributed by atoms with Gasteiger partial charge in [-0.2, -0.15) is 0 Å². The third-order valence-electron chi connectivity index (χ3n) is 2.72. The minimum absolute atomic E-state index is 0.378. The number of fused-ring (bicyclic) bond motifs is 1. The second kappa shape index (κ2) is 3.66. The van der Waals surface area contributed by atoms with E-state index in [1.807, 2.05) is 12.1 Å². The van der Waals surface area contributed by atoms with E-state index in [9.17, 15) is 4.79 Å². The van der Waals surface area contributed by atoms with E-state index in [4.69, 9.17) is 5.11 Å². The van der Waals surface area contributed by atoms with Gasteiger partial charge in [0.25, 0.3) is 0 Å². The predicted octanol–water partition coefficient (Wildman–Crippen LogP) is 2.27. The van der Waals surface area contributed by atoms with Crippen LogP contribution in [0.3, 0.4) is 0 Å². The van der Waals surface area contributed by atoms with E-state index in [1.54, 1.807) is 0 Å². The number of aldehydes is 1. The van der Waals surface area contributed by atoms with Crippen LogP contribution < -0.4 is 0 Å². The fraction of sp³-hybridized carbons (Fsp3) is 0.250. The van der Waals surface area contributed by atoms with E-state index >= 15 is 0 Å². The maximum atomic E-state index is 10.7. The Kier molecular flexibility index (Phi) is 2.35. The lowest BCUT2D eigenvalue weighted by Crippen LogP contribution is -1.93. The molecule has 72 valence electrons. The molecule has 1 aromatic rings. The van der Waals surface area contributed by atoms with Gasteiger partial charge >= 0.3 is 0 Å². The number of hydrogen-bond acceptors (Lipinski definition) is 2. The van der Waals surface area contributed by atoms with Crippen molar-refractivity contribution in [1.29, 1.82) is 0 Å². The quantitative estimate of drug-likeness (QED) is 0.439. The number of allylic oxidation sites excluding steroid dienone is 1. The molecule has 0 atom stereocenters. The van der Waals surface area contributed by atoms with Gasteiger partial charge in [-0.15, -0.1) is 0 Å². The predicted molar refractivity (Wildman–Crippen MR) is 55.1 cm³/mol. The van der Waals surface area contributed by atoms with E-state index in [0.29, 0.717) is 11.9 Å². The molecule has 0 saturated heterocycles. The molecule has 0 radical (unpaired) electrons. The summed E-state index contributed by atoms with van der Waals surface area (Å²) < 4.78 is 0. The SMILES string of the molecule is O=C/C(=C\O)c1cccc2c1CCC2. The second-order valence-electron chi connectivity index (χ2n) is 3.50. The topological polar surface area (TPSA) is 37.3 Å². The first-order chi connectivity index (χ1) is 6.86. The first-order valence-corrected chi connectivity index (χ1v) is 4.77. The number of aryl methyl sites for hydroxylation is 1. The summed E-state index contributed by atoms with van der Waals surface area (Å²) in [4.78, 5) is 10.7. The van der Waals surface area contributed by atoms with E-state index in [1.165, 1.54) is 11.1 Å². The van der Waals surface area contributed by atoms with Crippen molar-refractivity contribution in [2.75, 3.05) is 0 Å². The van der Waals surface area contributed by atoms with E-state index in [0.717, 1.165) is 31.1 Å². The lowest BCUT2D eigenvalue weighted by molar-refractivity contribution is -0.103. The van der Waals surface area contributed by atoms with Gasteiger partial charge < -0.3 is 5.11 Å². The lowest BCUT2D eigenvalue weighted by Gasteiger charge is -2.06. The number of carbonyl (C=O) groups is 1. The lowest BCUT2D eigenvalue weighted by atomic mass is 9.98. The minimum atomic E-state index is 0.378. The molecule has 0 bridgehead atoms. The molecule has 1 aromatic carbocycles. The van der Waals surface area contributed by atoms with Crippen molar-refractivity contribution in [1.82, 2.24) is 0 Å². The number of rotatable bonds is 2. The van der Waals surface area contributed by atoms with Crippen molar-refractivity contribution in [2.45, 2.75) is 19.3 Å². The molecule has 0 fully saturated rings. The van der Waals surface area contributed by atoms with Crippen LogP contribution in [-0.2, 0) is 17.6 Å². The molecule has 14 heavy (non-hydrogen) atoms. The van der Waals surface area contributed by atoms with Crippen LogP contribution in [0.15, 0.2) is 24.5 Å². The van der Waals surface area contributed by atoms with Crippen LogP contribution in [0.5, 0.6) is 0 Å². The Hall–Kier alpha value is -1.57. The Morgan fingerprint density at radius 3 is 2.93 bits per heavy atom. The zero-order valence-electron chi connectivity index (χ0n) is 7.86. The Bertz CT molecular complexity index is 391. The third-order valence-corrected chi connectivity index (χ3v) is 2.72. The van der Waals surface area contributed by atoms with Crippen LogP contribution in [0, 0.1) is 0 Å². The van der Waals surface area contributed by atoms with Crippen LogP contribution >= 0.6 is 0 Å². The summed E-state index contributed by atoms with van der Waals surface area (Å²) in [7, 11) is 0. The number of benzene rings is 1. The second-order valence-corrected chi connectivity index (χ2v) is 3.50. The number of hydrogen-bond donors (Lipinski definition) is 1. The molecule has 0 aromatic heterocycles. The molecule has 2 heteroatoms. The Balaban J connectivity index is 2.54. The summed E-state index contributed by atoms with van der Waals surface area (Å²) in [6.45, 7) is 0. The average Bonchev–Trinajstić information content (AvgIpc) is 2.68. The summed E-state index contributed by atoms with van der Waals surface area (Å²) in [6, 6.07) is 5.92. The van der Waals surface area contributed by atoms with Gasteiger partial charge in [0.1, 0.15) is 0 Å². The van der Waals surface area contributed by atoms with Crippen LogP contribution in [0.2, 0.25) is 0 Å². The highest BCUT2D eigenvalue weighted by Gasteiger charge is 2.16. The van der Waals surface area contributed by atoms with E-state index in [2.05, 4.69) is 6.07 Å². The van der Waals surface area contributed by atoms with Gasteiger partial charge in [-0.3, -0.25) is 4.79 Å². The number of aliphatic hydroxyl groups excluding tert-OH is 1. The van der Waals surface area contributed by atoms with Crippen LogP contribution in [0.4, 0.5) is 0 Å². The van der Waals surface area contributed by atoms with E-state index < -0.39 is 0 Å². The standard InChI is InChI=1S/C12H12O2/c13-7-10(8-14)12-6-2-4-9-3-1-5-11(9)12/h2,4,6-8,13H,1,3,5H2/b10-7+. The summed E-state index contributed by atoms with van der Waals surface area (Å²) >= 11 is 0. The third kappa shape index (κ3) is 1.33. The first-order valence-electron chi connectivity index (χ1n) is 4.77. The monoisotopic (exact) mass is 188 g/mol. The maximum Gasteiger partial charge on any atom is 0.153 e. The molecule has 1 N–H and O–H groups in total. The summed E-state index contributed by atoms with van der Waals surface area (Å²) in [6.07, 6.45) is 4.83. The van der Waals surface area contributed by atoms with E-state index in [-0.39, 0.29) is 0 Å². The summed E-state index contributed by atoms with van der Waals surface area (Å²) in [5.74, 6) is 0. The van der Waals surface area contributed by atoms with Crippen LogP contribution in [0.1, 0.15) is 23.1 Å². The molecule has 1 aliphatic rings. The Labute approximate surface area is 82.9 Å². The van der Waals surface area contributed by atoms with Crippen molar-refractivity contribution >= 4 is 11.9 Å². The highest BCUT2D eigenvalue weighted by Crippen LogP contribution is 2.28. The van der Waals surface area contributed by atoms with Crippen molar-refractivity contribution in [3.63, 3.8) is 0 Å². The van der Waals surface area contributed by atoms with Gasteiger partial charge in [0, 0.05) is 0 Å². The van der Waals surface area contributed by atoms with Gasteiger partial charge in [0.15, 0.2) is 6.29 Å². The summed E-state index contributed by atoms with van der Waals surface area (Å²) in [5, 5.41) is 8.92. The van der Waals surface area contributed by atoms with Crippen molar-refractivity contribution < 1.29 is 9.90 Å². The zero-order chi connectivity index (χ0) is 9.97. The smallest absolute Gasteiger partial charge is 0.153 e. The van der Waals surface area contributed by atoms with Crippen LogP contribution in [-0.4, -0.2) is 11.4 Å². The first kappa shape index (κ1) is 9.00. The van der Waals surface area contributed by atoms with Crippen LogP contribution in [0.25, 0.3) is 5.57 Å². The van der Waals surface area contributed by atoms with Crippen molar-refractivity contribution in [3.05, 3.63) is 41.2 Å². The molecule has 0 heterocycles. The van der Waals surface area contributed by atoms with Gasteiger partial charge in [-0.25, -0.2) is 0 Å². The van der Waals surface area contributed by atoms with Crippen molar-refractivity contribution in [3.8, 4) is 0 Å². The normalized spacial score (nSPS) is 15.3. The minimum Gasteiger partial charge on any atom is -0.515 e. The maximum absolute atomic E-state index is 10.7. The molecule has 0 amide bonds. The molecule has 0 aliphatic heterocycles. The van der Waals surface area contributed by atoms with Gasteiger partial charge in [0.05, 0.1) is 11.8 Å². The largest absolute Gasteiger partial charge is 0.515 e. The molecule has 0 saturated carbocycles. The molecule has 1 aliphatic carbocycles.